The Kier molecular flexibility index (Phi) is 3.01. The smallest absolute Gasteiger partial charge is 0.320 e. The molecule has 6 heteroatoms. The molecule has 0 amide bonds. The highest BCUT2D eigenvalue weighted by molar-refractivity contribution is 5.93. The lowest BCUT2D eigenvalue weighted by molar-refractivity contribution is 0.356. The molecule has 0 aliphatic heterocycles. The average molecular weight is 285 g/mol. The molecule has 1 aromatic carbocycles. The van der Waals surface area contributed by atoms with Crippen LogP contribution in [0, 0.1) is 13.8 Å². The van der Waals surface area contributed by atoms with Crippen molar-refractivity contribution in [3.05, 3.63) is 33.5 Å². The second-order valence-electron chi connectivity index (χ2n) is 4.88. The van der Waals surface area contributed by atoms with Crippen molar-refractivity contribution in [3.63, 3.8) is 0 Å². The lowest BCUT2D eigenvalue weighted by Crippen LogP contribution is -2.09. The van der Waals surface area contributed by atoms with Gasteiger partial charge in [0.15, 0.2) is 0 Å². The topological polar surface area (TPSA) is 77.1 Å². The standard InChI is InChI=1S/C15H15N3O3/c1-7-5-9-10(6-8(7)2)16-12-11(13(9)19)17-15(21-4)18-14(12)20-3/h5-6H,1-4H3,(H,16,19). The number of rotatable bonds is 2. The van der Waals surface area contributed by atoms with Gasteiger partial charge in [-0.15, -0.1) is 0 Å². The molecule has 0 unspecified atom stereocenters. The second kappa shape index (κ2) is 4.73. The molecular weight excluding hydrogens is 270 g/mol. The Morgan fingerprint density at radius 1 is 1.05 bits per heavy atom. The highest BCUT2D eigenvalue weighted by Crippen LogP contribution is 2.24. The van der Waals surface area contributed by atoms with Crippen molar-refractivity contribution in [1.82, 2.24) is 15.0 Å². The van der Waals surface area contributed by atoms with E-state index in [1.165, 1.54) is 14.2 Å². The van der Waals surface area contributed by atoms with Gasteiger partial charge in [0, 0.05) is 5.39 Å². The van der Waals surface area contributed by atoms with Crippen molar-refractivity contribution in [2.75, 3.05) is 14.2 Å². The molecule has 108 valence electrons. The average Bonchev–Trinajstić information content (AvgIpc) is 2.49. The molecule has 0 saturated carbocycles. The lowest BCUT2D eigenvalue weighted by atomic mass is 10.1. The van der Waals surface area contributed by atoms with Crippen molar-refractivity contribution in [3.8, 4) is 11.9 Å². The van der Waals surface area contributed by atoms with Crippen molar-refractivity contribution in [1.29, 1.82) is 0 Å². The Balaban J connectivity index is 2.53. The van der Waals surface area contributed by atoms with E-state index in [0.29, 0.717) is 10.9 Å². The normalized spacial score (nSPS) is 11.0. The van der Waals surface area contributed by atoms with E-state index in [-0.39, 0.29) is 22.8 Å². The van der Waals surface area contributed by atoms with Crippen LogP contribution in [0.4, 0.5) is 0 Å². The van der Waals surface area contributed by atoms with E-state index in [0.717, 1.165) is 16.6 Å². The van der Waals surface area contributed by atoms with Crippen LogP contribution in [0.2, 0.25) is 0 Å². The summed E-state index contributed by atoms with van der Waals surface area (Å²) in [5.74, 6) is 0.286. The third-order valence-corrected chi connectivity index (χ3v) is 3.58. The maximum atomic E-state index is 12.7. The number of methoxy groups -OCH3 is 2. The van der Waals surface area contributed by atoms with Crippen LogP contribution < -0.4 is 14.9 Å². The van der Waals surface area contributed by atoms with Crippen LogP contribution in [0.1, 0.15) is 11.1 Å². The molecule has 0 bridgehead atoms. The fraction of sp³-hybridized carbons (Fsp3) is 0.267. The number of aromatic nitrogens is 3. The molecule has 0 radical (unpaired) electrons. The van der Waals surface area contributed by atoms with Gasteiger partial charge in [-0.25, -0.2) is 0 Å². The predicted molar refractivity (Wildman–Crippen MR) is 80.2 cm³/mol. The van der Waals surface area contributed by atoms with Gasteiger partial charge >= 0.3 is 6.01 Å². The summed E-state index contributed by atoms with van der Waals surface area (Å²) >= 11 is 0. The summed E-state index contributed by atoms with van der Waals surface area (Å²) in [5, 5.41) is 0.591. The molecule has 0 fully saturated rings. The minimum atomic E-state index is -0.166. The monoisotopic (exact) mass is 285 g/mol. The van der Waals surface area contributed by atoms with E-state index in [9.17, 15) is 4.79 Å². The SMILES string of the molecule is COc1nc(OC)c2[nH]c3cc(C)c(C)cc3c(=O)c2n1. The summed E-state index contributed by atoms with van der Waals surface area (Å²) in [6, 6.07) is 3.91. The molecule has 3 aromatic rings. The van der Waals surface area contributed by atoms with E-state index in [1.807, 2.05) is 26.0 Å². The summed E-state index contributed by atoms with van der Waals surface area (Å²) in [5.41, 5.74) is 3.46. The molecule has 2 aromatic heterocycles. The number of nitrogens with one attached hydrogen (secondary N) is 1. The van der Waals surface area contributed by atoms with E-state index < -0.39 is 0 Å². The predicted octanol–water partition coefficient (Wildman–Crippen LogP) is 2.11. The highest BCUT2D eigenvalue weighted by atomic mass is 16.5. The highest BCUT2D eigenvalue weighted by Gasteiger charge is 2.15. The molecule has 0 saturated heterocycles. The van der Waals surface area contributed by atoms with Crippen LogP contribution in [0.3, 0.4) is 0 Å². The zero-order valence-corrected chi connectivity index (χ0v) is 12.3. The minimum absolute atomic E-state index is 0.105. The summed E-state index contributed by atoms with van der Waals surface area (Å²) in [7, 11) is 2.94. The van der Waals surface area contributed by atoms with Gasteiger partial charge < -0.3 is 14.5 Å². The Labute approximate surface area is 120 Å². The quantitative estimate of drug-likeness (QED) is 0.730. The molecule has 0 aliphatic carbocycles. The number of aryl methyl sites for hydroxylation is 2. The number of ether oxygens (including phenoxy) is 2. The maximum Gasteiger partial charge on any atom is 0.320 e. The van der Waals surface area contributed by atoms with Crippen LogP contribution in [0.15, 0.2) is 16.9 Å². The summed E-state index contributed by atoms with van der Waals surface area (Å²) < 4.78 is 10.2. The Morgan fingerprint density at radius 3 is 2.43 bits per heavy atom. The number of hydrogen-bond acceptors (Lipinski definition) is 5. The molecule has 6 nitrogen and oxygen atoms in total. The van der Waals surface area contributed by atoms with Gasteiger partial charge in [-0.2, -0.15) is 9.97 Å². The molecule has 21 heavy (non-hydrogen) atoms. The third kappa shape index (κ3) is 1.99. The summed E-state index contributed by atoms with van der Waals surface area (Å²) in [6.07, 6.45) is 0. The first-order valence-electron chi connectivity index (χ1n) is 6.48. The van der Waals surface area contributed by atoms with Crippen molar-refractivity contribution >= 4 is 21.9 Å². The van der Waals surface area contributed by atoms with Gasteiger partial charge in [0.2, 0.25) is 11.3 Å². The van der Waals surface area contributed by atoms with Crippen LogP contribution >= 0.6 is 0 Å². The zero-order valence-electron chi connectivity index (χ0n) is 12.3. The Morgan fingerprint density at radius 2 is 1.76 bits per heavy atom. The maximum absolute atomic E-state index is 12.7. The van der Waals surface area contributed by atoms with Crippen molar-refractivity contribution < 1.29 is 9.47 Å². The number of aromatic amines is 1. The largest absolute Gasteiger partial charge is 0.479 e. The van der Waals surface area contributed by atoms with Gasteiger partial charge in [0.05, 0.1) is 19.7 Å². The van der Waals surface area contributed by atoms with Crippen LogP contribution in [-0.4, -0.2) is 29.2 Å². The number of benzene rings is 1. The number of hydrogen-bond donors (Lipinski definition) is 1. The first kappa shape index (κ1) is 13.4. The van der Waals surface area contributed by atoms with Crippen LogP contribution in [-0.2, 0) is 0 Å². The van der Waals surface area contributed by atoms with Gasteiger partial charge in [-0.3, -0.25) is 4.79 Å². The summed E-state index contributed by atoms with van der Waals surface area (Å²) in [6.45, 7) is 3.97. The first-order valence-corrected chi connectivity index (χ1v) is 6.48. The molecular formula is C15H15N3O3. The number of fused-ring (bicyclic) bond motifs is 2. The molecule has 1 N–H and O–H groups in total. The van der Waals surface area contributed by atoms with Gasteiger partial charge in [0.25, 0.3) is 0 Å². The molecule has 0 aliphatic rings. The number of nitrogens with zero attached hydrogens (tertiary/aromatic N) is 2. The number of H-pyrrole nitrogens is 1. The Hall–Kier alpha value is -2.63. The molecule has 2 heterocycles. The van der Waals surface area contributed by atoms with Gasteiger partial charge in [-0.05, 0) is 37.1 Å². The van der Waals surface area contributed by atoms with Crippen molar-refractivity contribution in [2.45, 2.75) is 13.8 Å². The lowest BCUT2D eigenvalue weighted by Gasteiger charge is -2.09. The van der Waals surface area contributed by atoms with E-state index >= 15 is 0 Å². The van der Waals surface area contributed by atoms with E-state index in [4.69, 9.17) is 9.47 Å². The van der Waals surface area contributed by atoms with Gasteiger partial charge in [-0.1, -0.05) is 0 Å². The van der Waals surface area contributed by atoms with Gasteiger partial charge in [0.1, 0.15) is 11.0 Å². The van der Waals surface area contributed by atoms with E-state index in [1.54, 1.807) is 0 Å². The van der Waals surface area contributed by atoms with Crippen LogP contribution in [0.5, 0.6) is 11.9 Å². The van der Waals surface area contributed by atoms with Crippen LogP contribution in [0.25, 0.3) is 21.9 Å². The first-order chi connectivity index (χ1) is 10.0. The molecule has 3 rings (SSSR count). The number of pyridine rings is 1. The van der Waals surface area contributed by atoms with E-state index in [2.05, 4.69) is 15.0 Å². The minimum Gasteiger partial charge on any atom is -0.479 e. The summed E-state index contributed by atoms with van der Waals surface area (Å²) in [4.78, 5) is 24.1. The molecule has 0 atom stereocenters. The molecule has 0 spiro atoms. The Bertz CT molecular complexity index is 916. The van der Waals surface area contributed by atoms with Crippen molar-refractivity contribution in [2.24, 2.45) is 0 Å². The fourth-order valence-electron chi connectivity index (χ4n) is 2.31. The zero-order chi connectivity index (χ0) is 15.1. The third-order valence-electron chi connectivity index (χ3n) is 3.58. The second-order valence-corrected chi connectivity index (χ2v) is 4.88. The fourth-order valence-corrected chi connectivity index (χ4v) is 2.31.